The van der Waals surface area contributed by atoms with Crippen LogP contribution in [0.3, 0.4) is 0 Å². The van der Waals surface area contributed by atoms with Gasteiger partial charge in [-0.15, -0.1) is 0 Å². The van der Waals surface area contributed by atoms with Gasteiger partial charge in [-0.1, -0.05) is 36.8 Å². The predicted octanol–water partition coefficient (Wildman–Crippen LogP) is 4.30. The average Bonchev–Trinajstić information content (AvgIpc) is 2.66. The van der Waals surface area contributed by atoms with Crippen LogP contribution in [0, 0.1) is 6.92 Å². The van der Waals surface area contributed by atoms with Gasteiger partial charge in [-0.05, 0) is 62.9 Å². The molecule has 1 unspecified atom stereocenters. The number of amides is 1. The lowest BCUT2D eigenvalue weighted by Gasteiger charge is -2.17. The molecule has 0 aliphatic rings. The molecule has 0 saturated carbocycles. The molecule has 0 bridgehead atoms. The zero-order valence-electron chi connectivity index (χ0n) is 16.0. The second kappa shape index (κ2) is 10.5. The van der Waals surface area contributed by atoms with Gasteiger partial charge in [-0.3, -0.25) is 4.79 Å². The molecule has 26 heavy (non-hydrogen) atoms. The molecule has 0 radical (unpaired) electrons. The monoisotopic (exact) mass is 355 g/mol. The highest BCUT2D eigenvalue weighted by molar-refractivity contribution is 5.81. The minimum Gasteiger partial charge on any atom is -0.494 e. The molecule has 0 heterocycles. The summed E-state index contributed by atoms with van der Waals surface area (Å²) in [6.45, 7) is 7.27. The largest absolute Gasteiger partial charge is 0.494 e. The molecule has 0 spiro atoms. The van der Waals surface area contributed by atoms with E-state index in [9.17, 15) is 4.79 Å². The van der Waals surface area contributed by atoms with Crippen LogP contribution in [0.4, 0.5) is 0 Å². The van der Waals surface area contributed by atoms with E-state index in [1.54, 1.807) is 0 Å². The maximum atomic E-state index is 12.3. The molecule has 140 valence electrons. The van der Waals surface area contributed by atoms with Crippen LogP contribution in [0.15, 0.2) is 48.5 Å². The smallest absolute Gasteiger partial charge is 0.261 e. The van der Waals surface area contributed by atoms with Crippen molar-refractivity contribution in [3.8, 4) is 11.5 Å². The Labute approximate surface area is 156 Å². The van der Waals surface area contributed by atoms with Crippen molar-refractivity contribution in [2.24, 2.45) is 0 Å². The van der Waals surface area contributed by atoms with Crippen molar-refractivity contribution in [2.75, 3.05) is 13.2 Å². The van der Waals surface area contributed by atoms with Crippen LogP contribution in [0.25, 0.3) is 0 Å². The van der Waals surface area contributed by atoms with Gasteiger partial charge in [-0.2, -0.15) is 0 Å². The zero-order valence-corrected chi connectivity index (χ0v) is 16.0. The SMILES string of the molecule is CCOc1ccc(CCCNC(=O)C(CC)Oc2ccc(C)cc2)cc1. The first-order valence-corrected chi connectivity index (χ1v) is 9.35. The van der Waals surface area contributed by atoms with Gasteiger partial charge in [0.25, 0.3) is 5.91 Å². The Hall–Kier alpha value is -2.49. The van der Waals surface area contributed by atoms with E-state index in [-0.39, 0.29) is 5.91 Å². The van der Waals surface area contributed by atoms with Gasteiger partial charge >= 0.3 is 0 Å². The molecule has 0 aliphatic heterocycles. The topological polar surface area (TPSA) is 47.6 Å². The summed E-state index contributed by atoms with van der Waals surface area (Å²) in [5, 5.41) is 2.98. The van der Waals surface area contributed by atoms with Crippen LogP contribution in [-0.4, -0.2) is 25.2 Å². The highest BCUT2D eigenvalue weighted by atomic mass is 16.5. The molecule has 2 rings (SSSR count). The molecule has 4 nitrogen and oxygen atoms in total. The third-order valence-electron chi connectivity index (χ3n) is 4.14. The lowest BCUT2D eigenvalue weighted by atomic mass is 10.1. The Kier molecular flexibility index (Phi) is 8.00. The molecule has 1 N–H and O–H groups in total. The summed E-state index contributed by atoms with van der Waals surface area (Å²) < 4.78 is 11.2. The van der Waals surface area contributed by atoms with E-state index in [2.05, 4.69) is 17.4 Å². The second-order valence-electron chi connectivity index (χ2n) is 6.30. The molecule has 2 aromatic carbocycles. The molecule has 0 aliphatic carbocycles. The van der Waals surface area contributed by atoms with E-state index in [1.807, 2.05) is 57.2 Å². The summed E-state index contributed by atoms with van der Waals surface area (Å²) in [6.07, 6.45) is 1.99. The fourth-order valence-corrected chi connectivity index (χ4v) is 2.64. The second-order valence-corrected chi connectivity index (χ2v) is 6.30. The maximum Gasteiger partial charge on any atom is 0.261 e. The van der Waals surface area contributed by atoms with E-state index in [0.717, 1.165) is 24.3 Å². The minimum atomic E-state index is -0.455. The van der Waals surface area contributed by atoms with Crippen molar-refractivity contribution < 1.29 is 14.3 Å². The Bertz CT molecular complexity index is 665. The summed E-state index contributed by atoms with van der Waals surface area (Å²) in [4.78, 5) is 12.3. The van der Waals surface area contributed by atoms with E-state index >= 15 is 0 Å². The quantitative estimate of drug-likeness (QED) is 0.647. The fourth-order valence-electron chi connectivity index (χ4n) is 2.64. The molecule has 4 heteroatoms. The number of hydrogen-bond acceptors (Lipinski definition) is 3. The molecule has 1 amide bonds. The van der Waals surface area contributed by atoms with Crippen LogP contribution in [0.2, 0.25) is 0 Å². The molecule has 0 fully saturated rings. The normalized spacial score (nSPS) is 11.7. The van der Waals surface area contributed by atoms with E-state index in [1.165, 1.54) is 11.1 Å². The van der Waals surface area contributed by atoms with Gasteiger partial charge in [0.15, 0.2) is 6.10 Å². The third kappa shape index (κ3) is 6.43. The van der Waals surface area contributed by atoms with Crippen LogP contribution in [0.1, 0.15) is 37.8 Å². The van der Waals surface area contributed by atoms with Gasteiger partial charge in [0.2, 0.25) is 0 Å². The van der Waals surface area contributed by atoms with Crippen LogP contribution < -0.4 is 14.8 Å². The van der Waals surface area contributed by atoms with Gasteiger partial charge in [0.1, 0.15) is 11.5 Å². The summed E-state index contributed by atoms with van der Waals surface area (Å²) >= 11 is 0. The molecule has 1 atom stereocenters. The molecule has 0 saturated heterocycles. The van der Waals surface area contributed by atoms with Crippen molar-refractivity contribution in [3.63, 3.8) is 0 Å². The fraction of sp³-hybridized carbons (Fsp3) is 0.409. The zero-order chi connectivity index (χ0) is 18.8. The molecule has 2 aromatic rings. The van der Waals surface area contributed by atoms with Gasteiger partial charge in [0.05, 0.1) is 6.61 Å². The maximum absolute atomic E-state index is 12.3. The van der Waals surface area contributed by atoms with Gasteiger partial charge in [-0.25, -0.2) is 0 Å². The first-order chi connectivity index (χ1) is 12.6. The summed E-state index contributed by atoms with van der Waals surface area (Å²) in [5.41, 5.74) is 2.41. The Balaban J connectivity index is 1.73. The lowest BCUT2D eigenvalue weighted by Crippen LogP contribution is -2.38. The highest BCUT2D eigenvalue weighted by Crippen LogP contribution is 2.15. The number of ether oxygens (including phenoxy) is 2. The van der Waals surface area contributed by atoms with E-state index in [4.69, 9.17) is 9.47 Å². The number of benzene rings is 2. The first-order valence-electron chi connectivity index (χ1n) is 9.35. The number of carbonyl (C=O) groups is 1. The molecule has 0 aromatic heterocycles. The number of nitrogens with one attached hydrogen (secondary N) is 1. The number of aryl methyl sites for hydroxylation is 2. The predicted molar refractivity (Wildman–Crippen MR) is 105 cm³/mol. The third-order valence-corrected chi connectivity index (χ3v) is 4.14. The van der Waals surface area contributed by atoms with Crippen molar-refractivity contribution in [1.29, 1.82) is 0 Å². The van der Waals surface area contributed by atoms with Gasteiger partial charge < -0.3 is 14.8 Å². The number of hydrogen-bond donors (Lipinski definition) is 1. The Morgan fingerprint density at radius 2 is 1.65 bits per heavy atom. The van der Waals surface area contributed by atoms with Crippen molar-refractivity contribution in [3.05, 3.63) is 59.7 Å². The molecular weight excluding hydrogens is 326 g/mol. The van der Waals surface area contributed by atoms with Gasteiger partial charge in [0, 0.05) is 6.54 Å². The van der Waals surface area contributed by atoms with Crippen molar-refractivity contribution >= 4 is 5.91 Å². The average molecular weight is 355 g/mol. The summed E-state index contributed by atoms with van der Waals surface area (Å²) in [6, 6.07) is 15.9. The Morgan fingerprint density at radius 1 is 1.00 bits per heavy atom. The van der Waals surface area contributed by atoms with Crippen LogP contribution in [0.5, 0.6) is 11.5 Å². The van der Waals surface area contributed by atoms with Crippen molar-refractivity contribution in [1.82, 2.24) is 5.32 Å². The lowest BCUT2D eigenvalue weighted by molar-refractivity contribution is -0.128. The van der Waals surface area contributed by atoms with E-state index in [0.29, 0.717) is 19.6 Å². The van der Waals surface area contributed by atoms with E-state index < -0.39 is 6.10 Å². The van der Waals surface area contributed by atoms with Crippen LogP contribution in [-0.2, 0) is 11.2 Å². The number of rotatable bonds is 10. The van der Waals surface area contributed by atoms with Crippen LogP contribution >= 0.6 is 0 Å². The first kappa shape index (κ1) is 19.8. The molecular formula is C22H29NO3. The summed E-state index contributed by atoms with van der Waals surface area (Å²) in [5.74, 6) is 1.57. The number of carbonyl (C=O) groups excluding carboxylic acids is 1. The summed E-state index contributed by atoms with van der Waals surface area (Å²) in [7, 11) is 0. The Morgan fingerprint density at radius 3 is 2.27 bits per heavy atom. The van der Waals surface area contributed by atoms with Crippen molar-refractivity contribution in [2.45, 2.75) is 46.1 Å². The minimum absolute atomic E-state index is 0.0558. The standard InChI is InChI=1S/C22H29NO3/c1-4-21(26-20-12-8-17(3)9-13-20)22(24)23-16-6-7-18-10-14-19(15-11-18)25-5-2/h8-15,21H,4-7,16H2,1-3H3,(H,23,24). The highest BCUT2D eigenvalue weighted by Gasteiger charge is 2.17.